The molecule has 0 aliphatic rings. The Hall–Kier alpha value is -1.44. The number of aliphatic hydroxyl groups excluding tert-OH is 1. The summed E-state index contributed by atoms with van der Waals surface area (Å²) in [7, 11) is -3.79. The third kappa shape index (κ3) is 4.03. The van der Waals surface area contributed by atoms with Crippen LogP contribution >= 0.6 is 0 Å². The molecule has 0 saturated heterocycles. The largest absolute Gasteiger partial charge is 0.478 e. The molecule has 1 rings (SSSR count). The molecule has 1 aromatic rings. The molecule has 0 saturated carbocycles. The van der Waals surface area contributed by atoms with Crippen molar-refractivity contribution in [2.75, 3.05) is 6.61 Å². The Morgan fingerprint density at radius 2 is 2.05 bits per heavy atom. The zero-order valence-electron chi connectivity index (χ0n) is 11.5. The van der Waals surface area contributed by atoms with Crippen LogP contribution in [-0.2, 0) is 16.4 Å². The zero-order chi connectivity index (χ0) is 15.3. The van der Waals surface area contributed by atoms with Crippen LogP contribution in [0.4, 0.5) is 0 Å². The van der Waals surface area contributed by atoms with E-state index in [0.29, 0.717) is 12.0 Å². The fraction of sp³-hybridized carbons (Fsp3) is 0.462. The maximum absolute atomic E-state index is 12.1. The second-order valence-corrected chi connectivity index (χ2v) is 6.23. The van der Waals surface area contributed by atoms with Crippen molar-refractivity contribution >= 4 is 16.0 Å². The molecule has 0 aromatic heterocycles. The van der Waals surface area contributed by atoms with E-state index in [4.69, 9.17) is 10.2 Å². The normalized spacial score (nSPS) is 13.2. The van der Waals surface area contributed by atoms with Crippen molar-refractivity contribution in [3.63, 3.8) is 0 Å². The van der Waals surface area contributed by atoms with Crippen LogP contribution in [0, 0.1) is 0 Å². The van der Waals surface area contributed by atoms with Crippen molar-refractivity contribution in [3.8, 4) is 0 Å². The number of hydrogen-bond acceptors (Lipinski definition) is 4. The molecule has 0 spiro atoms. The predicted molar refractivity (Wildman–Crippen MR) is 74.3 cm³/mol. The maximum atomic E-state index is 12.1. The molecule has 1 unspecified atom stereocenters. The molecule has 0 heterocycles. The lowest BCUT2D eigenvalue weighted by molar-refractivity contribution is 0.0695. The van der Waals surface area contributed by atoms with Crippen molar-refractivity contribution in [2.45, 2.75) is 37.6 Å². The van der Waals surface area contributed by atoms with Gasteiger partial charge in [0.05, 0.1) is 10.5 Å². The van der Waals surface area contributed by atoms with Crippen LogP contribution in [0.3, 0.4) is 0 Å². The molecule has 0 aliphatic heterocycles. The highest BCUT2D eigenvalue weighted by molar-refractivity contribution is 7.89. The summed E-state index contributed by atoms with van der Waals surface area (Å²) >= 11 is 0. The van der Waals surface area contributed by atoms with Crippen molar-refractivity contribution in [3.05, 3.63) is 29.3 Å². The van der Waals surface area contributed by atoms with Crippen molar-refractivity contribution in [2.24, 2.45) is 0 Å². The smallest absolute Gasteiger partial charge is 0.336 e. The van der Waals surface area contributed by atoms with Crippen LogP contribution in [0.5, 0.6) is 0 Å². The lowest BCUT2D eigenvalue weighted by Gasteiger charge is -2.14. The third-order valence-corrected chi connectivity index (χ3v) is 4.51. The number of carboxylic acids is 1. The summed E-state index contributed by atoms with van der Waals surface area (Å²) in [5.41, 5.74) is 0.574. The Labute approximate surface area is 118 Å². The van der Waals surface area contributed by atoms with Gasteiger partial charge in [-0.25, -0.2) is 17.9 Å². The first-order valence-corrected chi connectivity index (χ1v) is 7.79. The minimum Gasteiger partial charge on any atom is -0.478 e. The van der Waals surface area contributed by atoms with Gasteiger partial charge in [0.1, 0.15) is 0 Å². The summed E-state index contributed by atoms with van der Waals surface area (Å²) in [5.74, 6) is -1.15. The van der Waals surface area contributed by atoms with Crippen LogP contribution < -0.4 is 4.72 Å². The minimum atomic E-state index is -3.79. The number of carboxylic acid groups (broad SMARTS) is 1. The number of aliphatic hydroxyl groups is 1. The highest BCUT2D eigenvalue weighted by atomic mass is 32.2. The van der Waals surface area contributed by atoms with E-state index in [9.17, 15) is 13.2 Å². The fourth-order valence-corrected chi connectivity index (χ4v) is 3.12. The van der Waals surface area contributed by atoms with Crippen molar-refractivity contribution in [1.29, 1.82) is 0 Å². The molecule has 0 aliphatic carbocycles. The molecular weight excluding hydrogens is 282 g/mol. The fourth-order valence-electron chi connectivity index (χ4n) is 1.82. The van der Waals surface area contributed by atoms with Crippen molar-refractivity contribution < 1.29 is 23.4 Å². The molecule has 112 valence electrons. The lowest BCUT2D eigenvalue weighted by atomic mass is 10.1. The van der Waals surface area contributed by atoms with Crippen LogP contribution in [0.1, 0.15) is 36.2 Å². The molecular formula is C13H19NO5S. The molecule has 0 radical (unpaired) electrons. The predicted octanol–water partition coefficient (Wildman–Crippen LogP) is 0.996. The van der Waals surface area contributed by atoms with E-state index in [1.54, 1.807) is 13.8 Å². The summed E-state index contributed by atoms with van der Waals surface area (Å²) in [6, 6.07) is 3.63. The first kappa shape index (κ1) is 16.6. The third-order valence-electron chi connectivity index (χ3n) is 2.92. The summed E-state index contributed by atoms with van der Waals surface area (Å²) in [4.78, 5) is 11.1. The average Bonchev–Trinajstić information content (AvgIpc) is 2.37. The Morgan fingerprint density at radius 1 is 1.40 bits per heavy atom. The second-order valence-electron chi connectivity index (χ2n) is 4.51. The molecule has 20 heavy (non-hydrogen) atoms. The van der Waals surface area contributed by atoms with Gasteiger partial charge in [-0.2, -0.15) is 0 Å². The van der Waals surface area contributed by atoms with Gasteiger partial charge < -0.3 is 10.2 Å². The maximum Gasteiger partial charge on any atom is 0.336 e. The molecule has 0 bridgehead atoms. The molecule has 6 nitrogen and oxygen atoms in total. The van der Waals surface area contributed by atoms with E-state index < -0.39 is 22.0 Å². The van der Waals surface area contributed by atoms with Gasteiger partial charge in [0, 0.05) is 12.6 Å². The van der Waals surface area contributed by atoms with Gasteiger partial charge in [0.2, 0.25) is 10.0 Å². The SMILES string of the molecule is CCc1ccc(S(=O)(=O)NC(C)CCO)cc1C(=O)O. The second kappa shape index (κ2) is 6.83. The van der Waals surface area contributed by atoms with Gasteiger partial charge in [0.25, 0.3) is 0 Å². The monoisotopic (exact) mass is 301 g/mol. The lowest BCUT2D eigenvalue weighted by Crippen LogP contribution is -2.33. The highest BCUT2D eigenvalue weighted by Gasteiger charge is 2.20. The quantitative estimate of drug-likeness (QED) is 0.697. The van der Waals surface area contributed by atoms with Crippen LogP contribution in [0.25, 0.3) is 0 Å². The van der Waals surface area contributed by atoms with E-state index in [-0.39, 0.29) is 23.5 Å². The number of sulfonamides is 1. The number of hydrogen-bond donors (Lipinski definition) is 3. The Morgan fingerprint density at radius 3 is 2.55 bits per heavy atom. The Balaban J connectivity index is 3.13. The first-order valence-electron chi connectivity index (χ1n) is 6.31. The number of aryl methyl sites for hydroxylation is 1. The molecule has 3 N–H and O–H groups in total. The summed E-state index contributed by atoms with van der Waals surface area (Å²) in [5, 5.41) is 17.9. The van der Waals surface area contributed by atoms with Gasteiger partial charge in [-0.1, -0.05) is 13.0 Å². The molecule has 7 heteroatoms. The standard InChI is InChI=1S/C13H19NO5S/c1-3-10-4-5-11(8-12(10)13(16)17)20(18,19)14-9(2)6-7-15/h4-5,8-9,14-15H,3,6-7H2,1-2H3,(H,16,17). The number of rotatable bonds is 7. The van der Waals surface area contributed by atoms with E-state index in [1.807, 2.05) is 0 Å². The Bertz CT molecular complexity index is 582. The number of carbonyl (C=O) groups is 1. The topological polar surface area (TPSA) is 104 Å². The number of nitrogens with one attached hydrogen (secondary N) is 1. The zero-order valence-corrected chi connectivity index (χ0v) is 12.3. The number of benzene rings is 1. The summed E-state index contributed by atoms with van der Waals surface area (Å²) in [6.07, 6.45) is 0.800. The molecule has 1 aromatic carbocycles. The van der Waals surface area contributed by atoms with Crippen LogP contribution in [-0.4, -0.2) is 37.2 Å². The number of aromatic carboxylic acids is 1. The molecule has 0 amide bonds. The Kier molecular flexibility index (Phi) is 5.67. The average molecular weight is 301 g/mol. The highest BCUT2D eigenvalue weighted by Crippen LogP contribution is 2.17. The van der Waals surface area contributed by atoms with E-state index in [0.717, 1.165) is 6.07 Å². The van der Waals surface area contributed by atoms with Gasteiger partial charge >= 0.3 is 5.97 Å². The van der Waals surface area contributed by atoms with Gasteiger partial charge in [-0.15, -0.1) is 0 Å². The van der Waals surface area contributed by atoms with Crippen molar-refractivity contribution in [1.82, 2.24) is 4.72 Å². The van der Waals surface area contributed by atoms with Gasteiger partial charge in [0.15, 0.2) is 0 Å². The molecule has 0 fully saturated rings. The minimum absolute atomic E-state index is 0.00909. The van der Waals surface area contributed by atoms with Crippen LogP contribution in [0.15, 0.2) is 23.1 Å². The summed E-state index contributed by atoms with van der Waals surface area (Å²) in [6.45, 7) is 3.31. The van der Waals surface area contributed by atoms with Gasteiger partial charge in [-0.05, 0) is 37.5 Å². The first-order chi connectivity index (χ1) is 9.31. The van der Waals surface area contributed by atoms with Crippen LogP contribution in [0.2, 0.25) is 0 Å². The van der Waals surface area contributed by atoms with E-state index in [1.165, 1.54) is 12.1 Å². The molecule has 1 atom stereocenters. The van der Waals surface area contributed by atoms with E-state index in [2.05, 4.69) is 4.72 Å². The summed E-state index contributed by atoms with van der Waals surface area (Å²) < 4.78 is 26.6. The van der Waals surface area contributed by atoms with Gasteiger partial charge in [-0.3, -0.25) is 0 Å². The van der Waals surface area contributed by atoms with E-state index >= 15 is 0 Å².